The lowest BCUT2D eigenvalue weighted by Gasteiger charge is -2.15. The molecule has 5 heteroatoms. The Morgan fingerprint density at radius 2 is 1.82 bits per heavy atom. The molecule has 0 aliphatic carbocycles. The molecule has 22 heavy (non-hydrogen) atoms. The molecule has 0 heterocycles. The number of hydrogen-bond acceptors (Lipinski definition) is 4. The Hall–Kier alpha value is -2.92. The van der Waals surface area contributed by atoms with Crippen LogP contribution in [0.2, 0.25) is 0 Å². The van der Waals surface area contributed by atoms with Gasteiger partial charge in [-0.3, -0.25) is 10.1 Å². The van der Waals surface area contributed by atoms with Crippen LogP contribution in [0.1, 0.15) is 17.2 Å². The van der Waals surface area contributed by atoms with E-state index in [-0.39, 0.29) is 11.4 Å². The Morgan fingerprint density at radius 1 is 1.05 bits per heavy atom. The quantitative estimate of drug-likeness (QED) is 0.571. The number of nitro groups is 1. The fourth-order valence-electron chi connectivity index (χ4n) is 2.53. The number of aromatic hydroxyl groups is 1. The summed E-state index contributed by atoms with van der Waals surface area (Å²) in [6.45, 7) is 0. The third-order valence-corrected chi connectivity index (χ3v) is 3.71. The maximum Gasteiger partial charge on any atom is 0.269 e. The molecule has 3 aromatic rings. The molecule has 3 N–H and O–H groups in total. The molecular formula is C17H14N2O3. The van der Waals surface area contributed by atoms with Crippen molar-refractivity contribution in [2.45, 2.75) is 6.04 Å². The van der Waals surface area contributed by atoms with Crippen molar-refractivity contribution in [3.63, 3.8) is 0 Å². The monoisotopic (exact) mass is 294 g/mol. The average Bonchev–Trinajstić information content (AvgIpc) is 2.55. The summed E-state index contributed by atoms with van der Waals surface area (Å²) in [4.78, 5) is 10.4. The van der Waals surface area contributed by atoms with Crippen LogP contribution >= 0.6 is 0 Å². The number of nitrogens with two attached hydrogens (primary N) is 1. The van der Waals surface area contributed by atoms with E-state index in [1.54, 1.807) is 18.2 Å². The van der Waals surface area contributed by atoms with Crippen molar-refractivity contribution in [3.8, 4) is 5.75 Å². The van der Waals surface area contributed by atoms with Crippen LogP contribution in [0.5, 0.6) is 5.75 Å². The van der Waals surface area contributed by atoms with Crippen LogP contribution in [0.25, 0.3) is 10.8 Å². The summed E-state index contributed by atoms with van der Waals surface area (Å²) in [6, 6.07) is 16.6. The fourth-order valence-corrected chi connectivity index (χ4v) is 2.53. The van der Waals surface area contributed by atoms with E-state index in [4.69, 9.17) is 5.73 Å². The Labute approximate surface area is 126 Å². The number of hydrogen-bond donors (Lipinski definition) is 2. The number of rotatable bonds is 3. The van der Waals surface area contributed by atoms with Crippen LogP contribution in [-0.4, -0.2) is 10.0 Å². The molecule has 5 nitrogen and oxygen atoms in total. The molecule has 1 atom stereocenters. The van der Waals surface area contributed by atoms with E-state index in [0.717, 1.165) is 5.39 Å². The van der Waals surface area contributed by atoms with E-state index in [9.17, 15) is 15.2 Å². The van der Waals surface area contributed by atoms with Crippen LogP contribution in [0.15, 0.2) is 60.7 Å². The number of benzene rings is 3. The third kappa shape index (κ3) is 2.38. The molecule has 0 saturated carbocycles. The zero-order chi connectivity index (χ0) is 15.7. The van der Waals surface area contributed by atoms with Gasteiger partial charge in [-0.15, -0.1) is 0 Å². The van der Waals surface area contributed by atoms with Crippen molar-refractivity contribution >= 4 is 16.5 Å². The van der Waals surface area contributed by atoms with Gasteiger partial charge in [0.25, 0.3) is 5.69 Å². The van der Waals surface area contributed by atoms with Gasteiger partial charge in [0.05, 0.1) is 11.0 Å². The normalized spacial score (nSPS) is 12.2. The Bertz CT molecular complexity index is 861. The molecule has 3 aromatic carbocycles. The first-order valence-corrected chi connectivity index (χ1v) is 6.78. The molecule has 0 bridgehead atoms. The number of nitro benzene ring substituents is 1. The first kappa shape index (κ1) is 14.0. The number of non-ortho nitro benzene ring substituents is 1. The van der Waals surface area contributed by atoms with Crippen molar-refractivity contribution in [2.75, 3.05) is 0 Å². The van der Waals surface area contributed by atoms with Crippen LogP contribution in [0.4, 0.5) is 5.69 Å². The third-order valence-electron chi connectivity index (χ3n) is 3.71. The fraction of sp³-hybridized carbons (Fsp3) is 0.0588. The van der Waals surface area contributed by atoms with Crippen LogP contribution in [-0.2, 0) is 0 Å². The zero-order valence-electron chi connectivity index (χ0n) is 11.6. The van der Waals surface area contributed by atoms with Crippen molar-refractivity contribution < 1.29 is 10.0 Å². The van der Waals surface area contributed by atoms with Gasteiger partial charge >= 0.3 is 0 Å². The lowest BCUT2D eigenvalue weighted by atomic mass is 9.95. The molecule has 110 valence electrons. The summed E-state index contributed by atoms with van der Waals surface area (Å²) in [7, 11) is 0. The number of phenols is 1. The van der Waals surface area contributed by atoms with E-state index in [0.29, 0.717) is 16.5 Å². The summed E-state index contributed by atoms with van der Waals surface area (Å²) >= 11 is 0. The maximum atomic E-state index is 10.9. The summed E-state index contributed by atoms with van der Waals surface area (Å²) in [6.07, 6.45) is 0. The maximum absolute atomic E-state index is 10.9. The van der Waals surface area contributed by atoms with E-state index in [1.807, 2.05) is 30.3 Å². The minimum absolute atomic E-state index is 0.0202. The molecule has 0 aliphatic heterocycles. The Balaban J connectivity index is 2.09. The summed E-state index contributed by atoms with van der Waals surface area (Å²) in [5.41, 5.74) is 7.30. The van der Waals surface area contributed by atoms with E-state index in [1.165, 1.54) is 12.1 Å². The molecular weight excluding hydrogens is 280 g/mol. The Morgan fingerprint density at radius 3 is 2.59 bits per heavy atom. The van der Waals surface area contributed by atoms with E-state index < -0.39 is 11.0 Å². The van der Waals surface area contributed by atoms with E-state index >= 15 is 0 Å². The molecule has 0 aliphatic rings. The number of fused-ring (bicyclic) bond motifs is 1. The molecule has 0 saturated heterocycles. The van der Waals surface area contributed by atoms with Gasteiger partial charge in [-0.05, 0) is 10.9 Å². The van der Waals surface area contributed by atoms with Crippen LogP contribution < -0.4 is 5.73 Å². The highest BCUT2D eigenvalue weighted by Gasteiger charge is 2.17. The van der Waals surface area contributed by atoms with Gasteiger partial charge in [-0.25, -0.2) is 0 Å². The summed E-state index contributed by atoms with van der Waals surface area (Å²) in [5.74, 6) is 0.108. The SMILES string of the molecule is N[C@@H](c1cccc([N+](=O)[O-])c1)c1ccc2ccccc2c1O. The minimum Gasteiger partial charge on any atom is -0.507 e. The summed E-state index contributed by atoms with van der Waals surface area (Å²) < 4.78 is 0. The molecule has 0 amide bonds. The van der Waals surface area contributed by atoms with Gasteiger partial charge < -0.3 is 10.8 Å². The highest BCUT2D eigenvalue weighted by Crippen LogP contribution is 2.34. The first-order valence-electron chi connectivity index (χ1n) is 6.78. The molecule has 0 fully saturated rings. The Kier molecular flexibility index (Phi) is 3.48. The predicted molar refractivity (Wildman–Crippen MR) is 84.7 cm³/mol. The molecule has 0 unspecified atom stereocenters. The van der Waals surface area contributed by atoms with Crippen molar-refractivity contribution in [1.82, 2.24) is 0 Å². The van der Waals surface area contributed by atoms with Gasteiger partial charge in [0.15, 0.2) is 0 Å². The second-order valence-electron chi connectivity index (χ2n) is 5.05. The van der Waals surface area contributed by atoms with Crippen molar-refractivity contribution in [2.24, 2.45) is 5.73 Å². The zero-order valence-corrected chi connectivity index (χ0v) is 11.6. The van der Waals surface area contributed by atoms with Crippen molar-refractivity contribution in [1.29, 1.82) is 0 Å². The van der Waals surface area contributed by atoms with Gasteiger partial charge in [0, 0.05) is 23.1 Å². The molecule has 0 spiro atoms. The summed E-state index contributed by atoms with van der Waals surface area (Å²) in [5, 5.41) is 22.9. The molecule has 3 rings (SSSR count). The van der Waals surface area contributed by atoms with Gasteiger partial charge in [-0.2, -0.15) is 0 Å². The topological polar surface area (TPSA) is 89.4 Å². The van der Waals surface area contributed by atoms with Crippen LogP contribution in [0.3, 0.4) is 0 Å². The number of phenolic OH excluding ortho intramolecular Hbond substituents is 1. The number of nitrogens with zero attached hydrogens (tertiary/aromatic N) is 1. The second-order valence-corrected chi connectivity index (χ2v) is 5.05. The van der Waals surface area contributed by atoms with Crippen molar-refractivity contribution in [3.05, 3.63) is 81.9 Å². The van der Waals surface area contributed by atoms with Gasteiger partial charge in [0.2, 0.25) is 0 Å². The van der Waals surface area contributed by atoms with Gasteiger partial charge in [0.1, 0.15) is 5.75 Å². The smallest absolute Gasteiger partial charge is 0.269 e. The van der Waals surface area contributed by atoms with Crippen LogP contribution in [0, 0.1) is 10.1 Å². The predicted octanol–water partition coefficient (Wildman–Crippen LogP) is 3.50. The first-order chi connectivity index (χ1) is 10.6. The standard InChI is InChI=1S/C17H14N2O3/c18-16(12-5-3-6-13(10-12)19(21)22)15-9-8-11-4-1-2-7-14(11)17(15)20/h1-10,16,20H,18H2/t16-/m0/s1. The molecule has 0 radical (unpaired) electrons. The lowest BCUT2D eigenvalue weighted by Crippen LogP contribution is -2.12. The second kappa shape index (κ2) is 5.46. The molecule has 0 aromatic heterocycles. The lowest BCUT2D eigenvalue weighted by molar-refractivity contribution is -0.384. The average molecular weight is 294 g/mol. The van der Waals surface area contributed by atoms with Gasteiger partial charge in [-0.1, -0.05) is 48.5 Å². The van der Waals surface area contributed by atoms with E-state index in [2.05, 4.69) is 0 Å². The largest absolute Gasteiger partial charge is 0.507 e. The highest BCUT2D eigenvalue weighted by molar-refractivity contribution is 5.89. The minimum atomic E-state index is -0.635. The highest BCUT2D eigenvalue weighted by atomic mass is 16.6.